The summed E-state index contributed by atoms with van der Waals surface area (Å²) in [5, 5.41) is 47.8. The zero-order valence-corrected chi connectivity index (χ0v) is 33.8. The first-order valence-corrected chi connectivity index (χ1v) is 19.3. The summed E-state index contributed by atoms with van der Waals surface area (Å²) in [7, 11) is 0. The van der Waals surface area contributed by atoms with Crippen LogP contribution in [-0.2, 0) is 35.8 Å². The highest BCUT2D eigenvalue weighted by molar-refractivity contribution is 9.10. The maximum absolute atomic E-state index is 12.5. The van der Waals surface area contributed by atoms with E-state index in [0.717, 1.165) is 9.36 Å². The van der Waals surface area contributed by atoms with Crippen molar-refractivity contribution in [3.8, 4) is 17.6 Å². The van der Waals surface area contributed by atoms with E-state index in [4.69, 9.17) is 19.7 Å². The topological polar surface area (TPSA) is 222 Å². The molecule has 0 spiro atoms. The Morgan fingerprint density at radius 3 is 1.54 bits per heavy atom. The predicted octanol–water partition coefficient (Wildman–Crippen LogP) is 5.68. The summed E-state index contributed by atoms with van der Waals surface area (Å²) in [6.45, 7) is -2.44. The van der Waals surface area contributed by atoms with Crippen molar-refractivity contribution in [3.05, 3.63) is 127 Å². The van der Waals surface area contributed by atoms with Crippen molar-refractivity contribution in [1.82, 2.24) is 39.1 Å². The van der Waals surface area contributed by atoms with Crippen molar-refractivity contribution in [2.45, 2.75) is 39.0 Å². The van der Waals surface area contributed by atoms with E-state index in [-0.39, 0.29) is 30.2 Å². The van der Waals surface area contributed by atoms with Gasteiger partial charge in [-0.15, -0.1) is 0 Å². The number of carboxylic acids is 2. The van der Waals surface area contributed by atoms with Crippen LogP contribution in [0.25, 0.3) is 43.4 Å². The van der Waals surface area contributed by atoms with Crippen LogP contribution in [0.2, 0.25) is 0 Å². The number of carbonyl (C=O) groups is 2. The van der Waals surface area contributed by atoms with Gasteiger partial charge in [0.05, 0.1) is 56.3 Å². The van der Waals surface area contributed by atoms with Crippen LogP contribution in [0.15, 0.2) is 99.3 Å². The monoisotopic (exact) mass is 931 g/mol. The Balaban J connectivity index is 0.000000189. The van der Waals surface area contributed by atoms with Gasteiger partial charge < -0.3 is 19.7 Å². The Labute approximate surface area is 358 Å². The number of benzene rings is 4. The van der Waals surface area contributed by atoms with Gasteiger partial charge in [-0.2, -0.15) is 25.7 Å². The molecular weight excluding hydrogens is 902 g/mol. The molecule has 2 N–H and O–H groups in total. The largest absolute Gasteiger partial charge is 0.486 e. The zero-order valence-electron chi connectivity index (χ0n) is 32.2. The van der Waals surface area contributed by atoms with E-state index < -0.39 is 62.2 Å². The van der Waals surface area contributed by atoms with Gasteiger partial charge in [0.15, 0.2) is 0 Å². The lowest BCUT2D eigenvalue weighted by atomic mass is 10.1. The molecule has 322 valence electrons. The first-order valence-electron chi connectivity index (χ1n) is 18.5. The van der Waals surface area contributed by atoms with Gasteiger partial charge in [0.1, 0.15) is 43.9 Å². The van der Waals surface area contributed by atoms with Crippen LogP contribution in [0.3, 0.4) is 0 Å². The lowest BCUT2D eigenvalue weighted by Crippen LogP contribution is -2.28. The average molecular weight is 933 g/mol. The second-order valence-corrected chi connectivity index (χ2v) is 14.5. The van der Waals surface area contributed by atoms with Crippen molar-refractivity contribution in [2.75, 3.05) is 13.2 Å². The maximum atomic E-state index is 12.5. The minimum atomic E-state index is -2.68. The molecule has 0 aliphatic rings. The average Bonchev–Trinajstić information content (AvgIpc) is 3.83. The van der Waals surface area contributed by atoms with Gasteiger partial charge in [0, 0.05) is 33.9 Å². The van der Waals surface area contributed by atoms with E-state index in [1.807, 2.05) is 6.07 Å². The highest BCUT2D eigenvalue weighted by Crippen LogP contribution is 2.31. The molecule has 0 amide bonds. The van der Waals surface area contributed by atoms with Crippen LogP contribution in [0.5, 0.6) is 11.5 Å². The Kier molecular flexibility index (Phi) is 12.8. The van der Waals surface area contributed by atoms with E-state index in [2.05, 4.69) is 36.3 Å². The molecule has 0 aliphatic carbocycles. The molecule has 8 rings (SSSR count). The van der Waals surface area contributed by atoms with Crippen molar-refractivity contribution >= 4 is 71.2 Å². The number of aliphatic carboxylic acids is 2. The summed E-state index contributed by atoms with van der Waals surface area (Å²) in [5.41, 5.74) is 0.992. The molecule has 0 saturated heterocycles. The number of hydrogen-bond acceptors (Lipinski definition) is 11. The summed E-state index contributed by atoms with van der Waals surface area (Å²) in [4.78, 5) is 47.3. The molecule has 8 aromatic rings. The molecular formula is C41H30BrF4N9O8. The van der Waals surface area contributed by atoms with Crippen LogP contribution in [0.4, 0.5) is 17.6 Å². The van der Waals surface area contributed by atoms with Gasteiger partial charge in [0.2, 0.25) is 0 Å². The Morgan fingerprint density at radius 2 is 1.10 bits per heavy atom. The van der Waals surface area contributed by atoms with Gasteiger partial charge >= 0.3 is 11.9 Å². The number of nitrogens with zero attached hydrogens (tertiary/aromatic N) is 9. The summed E-state index contributed by atoms with van der Waals surface area (Å²) >= 11 is 3.29. The smallest absolute Gasteiger partial charge is 0.325 e. The molecule has 0 radical (unpaired) electrons. The quantitative estimate of drug-likeness (QED) is 0.126. The fourth-order valence-electron chi connectivity index (χ4n) is 6.58. The fourth-order valence-corrected chi connectivity index (χ4v) is 7.03. The first-order chi connectivity index (χ1) is 30.2. The second-order valence-electron chi connectivity index (χ2n) is 13.6. The van der Waals surface area contributed by atoms with Gasteiger partial charge in [-0.1, -0.05) is 36.4 Å². The van der Waals surface area contributed by atoms with Crippen molar-refractivity contribution in [2.24, 2.45) is 0 Å². The Morgan fingerprint density at radius 1 is 0.667 bits per heavy atom. The third-order valence-corrected chi connectivity index (χ3v) is 9.81. The molecule has 0 bridgehead atoms. The zero-order chi connectivity index (χ0) is 44.9. The molecule has 4 aromatic heterocycles. The molecule has 17 nitrogen and oxygen atoms in total. The lowest BCUT2D eigenvalue weighted by molar-refractivity contribution is -0.139. The lowest BCUT2D eigenvalue weighted by Gasteiger charge is -2.09. The van der Waals surface area contributed by atoms with E-state index >= 15 is 0 Å². The summed E-state index contributed by atoms with van der Waals surface area (Å²) in [6.07, 6.45) is -1.96. The molecule has 0 unspecified atom stereocenters. The number of rotatable bonds is 14. The molecule has 0 atom stereocenters. The summed E-state index contributed by atoms with van der Waals surface area (Å²) in [5.74, 6) is -2.09. The normalized spacial score (nSPS) is 11.3. The number of ether oxygens (including phenoxy) is 2. The SMILES string of the molecule is N#Cc1cc2nn(Cc3nn(CC(=O)O)c(=O)c4ccccc34)cc2cc1OCC(F)F.O=C(O)Cn1nc(Cn2cc3cc(OCC(F)F)c(Br)cc3n2)c2ccccc2c1=O. The van der Waals surface area contributed by atoms with E-state index in [0.29, 0.717) is 59.2 Å². The number of aromatic nitrogens is 8. The number of fused-ring (bicyclic) bond motifs is 4. The highest BCUT2D eigenvalue weighted by atomic mass is 79.9. The van der Waals surface area contributed by atoms with Crippen LogP contribution >= 0.6 is 15.9 Å². The van der Waals surface area contributed by atoms with Crippen molar-refractivity contribution in [3.63, 3.8) is 0 Å². The predicted molar refractivity (Wildman–Crippen MR) is 220 cm³/mol. The highest BCUT2D eigenvalue weighted by Gasteiger charge is 2.18. The fraction of sp³-hybridized carbons (Fsp3) is 0.195. The second kappa shape index (κ2) is 18.5. The first kappa shape index (κ1) is 43.4. The standard InChI is InChI=1S/C21H15F2N5O4.C20H15BrF2N4O4/c22-19(23)11-32-18-6-13-8-27(25-16(13)5-12(18)7-24)9-17-14-3-1-2-4-15(14)21(31)28(26-17)10-20(29)30;21-14-6-15-11(5-17(14)31-10-18(22)23)7-26(24-15)8-16-12-3-1-2-4-13(12)20(30)27(25-16)9-19(28)29/h1-6,8,19H,9-11H2,(H,29,30);1-7,18H,8-10H2,(H,28,29). The van der Waals surface area contributed by atoms with Gasteiger partial charge in [-0.05, 0) is 52.3 Å². The summed E-state index contributed by atoms with van der Waals surface area (Å²) < 4.78 is 65.4. The van der Waals surface area contributed by atoms with Crippen molar-refractivity contribution < 1.29 is 46.8 Å². The van der Waals surface area contributed by atoms with E-state index in [1.165, 1.54) is 16.8 Å². The van der Waals surface area contributed by atoms with Crippen LogP contribution in [-0.4, -0.2) is 87.3 Å². The number of hydrogen-bond donors (Lipinski definition) is 2. The molecule has 63 heavy (non-hydrogen) atoms. The van der Waals surface area contributed by atoms with E-state index in [1.54, 1.807) is 77.7 Å². The number of carboxylic acid groups (broad SMARTS) is 2. The molecule has 0 fully saturated rings. The molecule has 4 aromatic carbocycles. The third-order valence-electron chi connectivity index (χ3n) is 9.19. The Bertz CT molecular complexity index is 3220. The molecule has 0 saturated carbocycles. The van der Waals surface area contributed by atoms with Gasteiger partial charge in [-0.3, -0.25) is 28.5 Å². The summed E-state index contributed by atoms with van der Waals surface area (Å²) in [6, 6.07) is 21.6. The third kappa shape index (κ3) is 9.94. The number of nitriles is 1. The maximum Gasteiger partial charge on any atom is 0.325 e. The Hall–Kier alpha value is -7.67. The van der Waals surface area contributed by atoms with Gasteiger partial charge in [-0.25, -0.2) is 26.9 Å². The van der Waals surface area contributed by atoms with E-state index in [9.17, 15) is 42.0 Å². The number of halogens is 5. The minimum Gasteiger partial charge on any atom is -0.486 e. The van der Waals surface area contributed by atoms with Crippen LogP contribution < -0.4 is 20.6 Å². The molecule has 0 aliphatic heterocycles. The molecule has 22 heteroatoms. The minimum absolute atomic E-state index is 0.0263. The van der Waals surface area contributed by atoms with Crippen LogP contribution in [0, 0.1) is 11.3 Å². The van der Waals surface area contributed by atoms with Crippen LogP contribution in [0.1, 0.15) is 17.0 Å². The number of alkyl halides is 4. The van der Waals surface area contributed by atoms with Crippen molar-refractivity contribution in [1.29, 1.82) is 5.26 Å². The molecule has 4 heterocycles. The van der Waals surface area contributed by atoms with Gasteiger partial charge in [0.25, 0.3) is 24.0 Å².